The maximum absolute atomic E-state index is 15.9. The minimum absolute atomic E-state index is 0.107. The molecule has 11 nitrogen and oxygen atoms in total. The Morgan fingerprint density at radius 1 is 1.25 bits per heavy atom. The number of H-pyrrole nitrogens is 1. The summed E-state index contributed by atoms with van der Waals surface area (Å²) in [5, 5.41) is 10.8. The molecule has 1 aliphatic rings. The van der Waals surface area contributed by atoms with Crippen LogP contribution in [-0.4, -0.2) is 63.0 Å². The molecular weight excluding hydrogens is 560 g/mol. The molecule has 6 atom stereocenters. The van der Waals surface area contributed by atoms with E-state index in [-0.39, 0.29) is 10.3 Å². The fourth-order valence-electron chi connectivity index (χ4n) is 4.25. The van der Waals surface area contributed by atoms with Gasteiger partial charge in [0.1, 0.15) is 30.2 Å². The number of hydrogen-bond acceptors (Lipinski definition) is 9. The summed E-state index contributed by atoms with van der Waals surface area (Å²) in [7, 11) is -4.35. The third-order valence-electron chi connectivity index (χ3n) is 6.15. The third kappa shape index (κ3) is 6.68. The van der Waals surface area contributed by atoms with Gasteiger partial charge >= 0.3 is 19.3 Å². The summed E-state index contributed by atoms with van der Waals surface area (Å²) in [6.07, 6.45) is -7.01. The molecule has 2 aromatic rings. The van der Waals surface area contributed by atoms with Crippen LogP contribution in [0.1, 0.15) is 40.8 Å². The number of nitrogens with zero attached hydrogens (tertiary/aromatic N) is 1. The Labute approximate surface area is 227 Å². The molecule has 1 saturated heterocycles. The van der Waals surface area contributed by atoms with E-state index in [0.717, 1.165) is 0 Å². The van der Waals surface area contributed by atoms with Crippen LogP contribution in [0.15, 0.2) is 46.1 Å². The van der Waals surface area contributed by atoms with Crippen LogP contribution in [0.2, 0.25) is 0 Å². The number of para-hydroxylation sites is 1. The molecule has 2 heterocycles. The van der Waals surface area contributed by atoms with Crippen molar-refractivity contribution in [3.63, 3.8) is 0 Å². The van der Waals surface area contributed by atoms with Gasteiger partial charge in [0.15, 0.2) is 6.23 Å². The molecule has 15 heteroatoms. The van der Waals surface area contributed by atoms with Gasteiger partial charge < -0.3 is 19.1 Å². The first-order valence-corrected chi connectivity index (χ1v) is 14.1. The predicted molar refractivity (Wildman–Crippen MR) is 136 cm³/mol. The summed E-state index contributed by atoms with van der Waals surface area (Å²) in [5.74, 6) is -3.06. The van der Waals surface area contributed by atoms with E-state index in [1.54, 1.807) is 37.0 Å². The van der Waals surface area contributed by atoms with Gasteiger partial charge in [0, 0.05) is 0 Å². The van der Waals surface area contributed by atoms with E-state index in [1.165, 1.54) is 32.9 Å². The number of carbonyl (C=O) groups excluding carboxylic acids is 1. The number of nitrogens with one attached hydrogen (secondary N) is 1. The first-order chi connectivity index (χ1) is 18.5. The van der Waals surface area contributed by atoms with E-state index in [9.17, 15) is 32.8 Å². The van der Waals surface area contributed by atoms with Gasteiger partial charge in [0.25, 0.3) is 5.56 Å². The topological polar surface area (TPSA) is 146 Å². The maximum atomic E-state index is 15.9. The van der Waals surface area contributed by atoms with Crippen molar-refractivity contribution in [3.8, 4) is 5.75 Å². The van der Waals surface area contributed by atoms with Gasteiger partial charge in [-0.2, -0.15) is 4.39 Å². The highest BCUT2D eigenvalue weighted by Gasteiger charge is 2.63. The number of ether oxygens (including phenoxy) is 2. The molecule has 1 aromatic carbocycles. The number of alkyl halides is 2. The van der Waals surface area contributed by atoms with E-state index in [0.29, 0.717) is 6.20 Å². The number of aromatic amines is 1. The van der Waals surface area contributed by atoms with E-state index >= 15 is 4.39 Å². The molecule has 0 spiro atoms. The second kappa shape index (κ2) is 11.9. The first kappa shape index (κ1) is 31.6. The number of benzene rings is 1. The molecule has 1 aromatic heterocycles. The molecule has 1 fully saturated rings. The van der Waals surface area contributed by atoms with Crippen LogP contribution < -0.4 is 15.8 Å². The van der Waals surface area contributed by atoms with Gasteiger partial charge in [-0.05, 0) is 39.8 Å². The normalized spacial score (nSPS) is 25.4. The van der Waals surface area contributed by atoms with Gasteiger partial charge in [0.05, 0.1) is 24.4 Å². The summed E-state index contributed by atoms with van der Waals surface area (Å²) in [6.45, 7) is 5.31. The lowest BCUT2D eigenvalue weighted by atomic mass is 9.89. The van der Waals surface area contributed by atoms with Crippen molar-refractivity contribution in [2.45, 2.75) is 70.4 Å². The van der Waals surface area contributed by atoms with E-state index in [4.69, 9.17) is 18.5 Å². The zero-order valence-electron chi connectivity index (χ0n) is 22.5. The number of esters is 1. The Bertz CT molecular complexity index is 1370. The standard InChI is InChI=1S/C25H32F3N2O9P/c1-14(2)36-21(33)15(3)12-40(35,38-16-9-7-6-8-10-16)39-24(4,5)19-18(31)25(28,13-26)22(37-19)30-11-17(27)20(32)29-23(30)34/h6-11,14-15,18-19,22,31H,12-13H2,1-5H3,(H,29,32,34)/t15-,18+,19+,22-,25?,40?/m1/s1. The Balaban J connectivity index is 1.98. The molecule has 0 aliphatic carbocycles. The van der Waals surface area contributed by atoms with Crippen molar-refractivity contribution in [1.29, 1.82) is 0 Å². The third-order valence-corrected chi connectivity index (χ3v) is 8.38. The second-order valence-corrected chi connectivity index (χ2v) is 12.3. The van der Waals surface area contributed by atoms with Crippen LogP contribution >= 0.6 is 7.60 Å². The van der Waals surface area contributed by atoms with Gasteiger partial charge in [0.2, 0.25) is 11.5 Å². The summed E-state index contributed by atoms with van der Waals surface area (Å²) in [4.78, 5) is 37.8. The van der Waals surface area contributed by atoms with Crippen molar-refractivity contribution in [3.05, 3.63) is 63.2 Å². The second-order valence-electron chi connectivity index (χ2n) is 10.3. The Morgan fingerprint density at radius 3 is 2.45 bits per heavy atom. The fraction of sp³-hybridized carbons (Fsp3) is 0.560. The number of aliphatic hydroxyl groups excluding tert-OH is 1. The molecule has 0 amide bonds. The van der Waals surface area contributed by atoms with Crippen molar-refractivity contribution in [2.24, 2.45) is 5.92 Å². The number of rotatable bonds is 11. The molecule has 40 heavy (non-hydrogen) atoms. The molecule has 2 unspecified atom stereocenters. The molecule has 1 aliphatic heterocycles. The van der Waals surface area contributed by atoms with Gasteiger partial charge in [-0.3, -0.25) is 23.7 Å². The fourth-order valence-corrected chi connectivity index (χ4v) is 6.52. The van der Waals surface area contributed by atoms with Crippen LogP contribution in [0.4, 0.5) is 13.2 Å². The number of carbonyl (C=O) groups is 1. The molecule has 0 radical (unpaired) electrons. The zero-order valence-corrected chi connectivity index (χ0v) is 23.4. The highest BCUT2D eigenvalue weighted by molar-refractivity contribution is 7.54. The highest BCUT2D eigenvalue weighted by Crippen LogP contribution is 2.56. The largest absolute Gasteiger partial charge is 0.463 e. The Morgan fingerprint density at radius 2 is 1.88 bits per heavy atom. The molecule has 222 valence electrons. The monoisotopic (exact) mass is 592 g/mol. The Hall–Kier alpha value is -2.93. The van der Waals surface area contributed by atoms with Crippen molar-refractivity contribution in [2.75, 3.05) is 12.8 Å². The van der Waals surface area contributed by atoms with Gasteiger partial charge in [-0.1, -0.05) is 25.1 Å². The lowest BCUT2D eigenvalue weighted by Gasteiger charge is -2.36. The smallest absolute Gasteiger partial charge is 0.380 e. The summed E-state index contributed by atoms with van der Waals surface area (Å²) < 4.78 is 80.4. The van der Waals surface area contributed by atoms with Crippen LogP contribution in [0, 0.1) is 11.7 Å². The van der Waals surface area contributed by atoms with Crippen LogP contribution in [0.5, 0.6) is 5.75 Å². The SMILES string of the molecule is CC(C)OC(=O)[C@H](C)CP(=O)(Oc1ccccc1)OC(C)(C)[C@H]1O[C@@H](n2cc(F)c(=O)[nH]c2=O)C(F)(CF)[C@H]1O. The number of aromatic nitrogens is 2. The summed E-state index contributed by atoms with van der Waals surface area (Å²) in [5.41, 5.74) is -7.95. The molecule has 3 rings (SSSR count). The molecular formula is C25H32F3N2O9P. The van der Waals surface area contributed by atoms with Gasteiger partial charge in [-0.15, -0.1) is 0 Å². The average Bonchev–Trinajstić information content (AvgIpc) is 3.12. The van der Waals surface area contributed by atoms with Crippen molar-refractivity contribution < 1.29 is 46.2 Å². The minimum atomic E-state index is -4.35. The molecule has 0 saturated carbocycles. The van der Waals surface area contributed by atoms with E-state index in [2.05, 4.69) is 0 Å². The van der Waals surface area contributed by atoms with Crippen molar-refractivity contribution >= 4 is 13.6 Å². The number of aliphatic hydroxyl groups is 1. The van der Waals surface area contributed by atoms with Crippen LogP contribution in [-0.2, 0) is 23.4 Å². The number of halogens is 3. The summed E-state index contributed by atoms with van der Waals surface area (Å²) in [6, 6.07) is 7.81. The predicted octanol–water partition coefficient (Wildman–Crippen LogP) is 3.27. The van der Waals surface area contributed by atoms with E-state index in [1.807, 2.05) is 0 Å². The Kier molecular flexibility index (Phi) is 9.40. The van der Waals surface area contributed by atoms with Crippen molar-refractivity contribution in [1.82, 2.24) is 9.55 Å². The zero-order chi connectivity index (χ0) is 30.0. The van der Waals surface area contributed by atoms with Crippen LogP contribution in [0.3, 0.4) is 0 Å². The molecule has 0 bridgehead atoms. The lowest BCUT2D eigenvalue weighted by Crippen LogP contribution is -2.51. The van der Waals surface area contributed by atoms with Crippen LogP contribution in [0.25, 0.3) is 0 Å². The average molecular weight is 593 g/mol. The lowest BCUT2D eigenvalue weighted by molar-refractivity contribution is -0.151. The first-order valence-electron chi connectivity index (χ1n) is 12.4. The summed E-state index contributed by atoms with van der Waals surface area (Å²) >= 11 is 0. The van der Waals surface area contributed by atoms with E-state index < -0.39 is 85.2 Å². The maximum Gasteiger partial charge on any atom is 0.380 e. The van der Waals surface area contributed by atoms with Gasteiger partial charge in [-0.25, -0.2) is 18.1 Å². The molecule has 2 N–H and O–H groups in total. The highest BCUT2D eigenvalue weighted by atomic mass is 31.2. The number of hydrogen-bond donors (Lipinski definition) is 2. The minimum Gasteiger partial charge on any atom is -0.463 e. The quantitative estimate of drug-likeness (QED) is 0.297.